The van der Waals surface area contributed by atoms with Gasteiger partial charge in [0.15, 0.2) is 0 Å². The number of alkyl halides is 4. The number of allylic oxidation sites excluding steroid dienone is 2. The summed E-state index contributed by atoms with van der Waals surface area (Å²) in [6.45, 7) is 0. The molecule has 0 bridgehead atoms. The molecule has 0 aliphatic heterocycles. The van der Waals surface area contributed by atoms with E-state index in [4.69, 9.17) is 46.4 Å². The predicted molar refractivity (Wildman–Crippen MR) is 84.2 cm³/mol. The van der Waals surface area contributed by atoms with Crippen molar-refractivity contribution >= 4 is 70.5 Å². The molecule has 0 N–H and O–H groups in total. The highest BCUT2D eigenvalue weighted by atomic mass is 35.5. The van der Waals surface area contributed by atoms with E-state index in [9.17, 15) is 19.8 Å². The maximum Gasteiger partial charge on any atom is 0.126 e. The van der Waals surface area contributed by atoms with E-state index in [1.807, 2.05) is 0 Å². The maximum absolute atomic E-state index is 11.3. The molecular weight excluding hydrogens is 374 g/mol. The van der Waals surface area contributed by atoms with Gasteiger partial charge in [-0.1, -0.05) is 36.4 Å². The number of carboxylic acid groups (broad SMARTS) is 2. The highest BCUT2D eigenvalue weighted by Crippen LogP contribution is 2.24. The van der Waals surface area contributed by atoms with E-state index in [0.717, 1.165) is 6.07 Å². The Labute approximate surface area is 146 Å². The van der Waals surface area contributed by atoms with Gasteiger partial charge in [0, 0.05) is 11.1 Å². The molecule has 4 nitrogen and oxygen atoms in total. The van der Waals surface area contributed by atoms with Gasteiger partial charge in [0.1, 0.15) is 9.67 Å². The largest absolute Gasteiger partial charge is 0.545 e. The summed E-state index contributed by atoms with van der Waals surface area (Å²) < 4.78 is 0. The van der Waals surface area contributed by atoms with Crippen LogP contribution >= 0.6 is 46.4 Å². The lowest BCUT2D eigenvalue weighted by Crippen LogP contribution is -2.31. The van der Waals surface area contributed by atoms with Crippen molar-refractivity contribution in [1.29, 1.82) is 0 Å². The number of hydrogen-bond acceptors (Lipinski definition) is 4. The third-order valence-corrected chi connectivity index (χ3v) is 3.11. The van der Waals surface area contributed by atoms with Gasteiger partial charge >= 0.3 is 0 Å². The third kappa shape index (κ3) is 5.21. The second kappa shape index (κ2) is 8.44. The molecule has 0 atom stereocenters. The molecular formula is C14H8Cl4O4-2. The van der Waals surface area contributed by atoms with E-state index in [1.165, 1.54) is 30.4 Å². The molecule has 0 spiro atoms. The summed E-state index contributed by atoms with van der Waals surface area (Å²) in [7, 11) is 0. The number of carbonyl (C=O) groups excluding carboxylic acids is 2. The molecule has 0 radical (unpaired) electrons. The number of halogens is 4. The van der Waals surface area contributed by atoms with Gasteiger partial charge in [0.25, 0.3) is 0 Å². The molecule has 0 saturated carbocycles. The Balaban J connectivity index is 3.61. The van der Waals surface area contributed by atoms with Gasteiger partial charge in [-0.2, -0.15) is 0 Å². The average Bonchev–Trinajstić information content (AvgIpc) is 2.41. The van der Waals surface area contributed by atoms with Crippen molar-refractivity contribution in [3.8, 4) is 0 Å². The maximum atomic E-state index is 11.3. The fraction of sp³-hybridized carbons (Fsp3) is 0.143. The zero-order valence-electron chi connectivity index (χ0n) is 10.8. The van der Waals surface area contributed by atoms with Crippen molar-refractivity contribution in [2.75, 3.05) is 0 Å². The molecule has 0 aliphatic carbocycles. The molecule has 0 aliphatic rings. The number of carbonyl (C=O) groups is 2. The second-order valence-electron chi connectivity index (χ2n) is 3.95. The van der Waals surface area contributed by atoms with Crippen LogP contribution in [0.1, 0.15) is 31.8 Å². The lowest BCUT2D eigenvalue weighted by atomic mass is 9.95. The number of aromatic carboxylic acids is 2. The minimum absolute atomic E-state index is 0.0400. The summed E-state index contributed by atoms with van der Waals surface area (Å²) in [6.07, 6.45) is 5.37. The van der Waals surface area contributed by atoms with Gasteiger partial charge in [0.05, 0.1) is 11.9 Å². The SMILES string of the molecule is O=C([O-])c1ccc(/C=C/C(Cl)Cl)c(/C=C/C(Cl)Cl)c1C(=O)[O-]. The molecule has 8 heteroatoms. The lowest BCUT2D eigenvalue weighted by Gasteiger charge is -2.17. The van der Waals surface area contributed by atoms with E-state index in [0.29, 0.717) is 5.56 Å². The standard InChI is InChI=1S/C14H10Cl4O4/c15-10(16)5-2-7-1-3-9(13(19)20)12(14(21)22)8(7)4-6-11(17)18/h1-6,10-11H,(H,19,20)(H,21,22)/p-2/b5-2+,6-4+. The van der Waals surface area contributed by atoms with Gasteiger partial charge in [-0.05, 0) is 11.1 Å². The van der Waals surface area contributed by atoms with Crippen molar-refractivity contribution in [3.05, 3.63) is 46.5 Å². The summed E-state index contributed by atoms with van der Waals surface area (Å²) in [5.41, 5.74) is -0.683. The molecule has 0 saturated heterocycles. The number of rotatable bonds is 6. The van der Waals surface area contributed by atoms with Gasteiger partial charge in [-0.3, -0.25) is 0 Å². The van der Waals surface area contributed by atoms with Crippen LogP contribution in [0.3, 0.4) is 0 Å². The second-order valence-corrected chi connectivity index (χ2v) is 6.28. The van der Waals surface area contributed by atoms with E-state index in [2.05, 4.69) is 0 Å². The minimum Gasteiger partial charge on any atom is -0.545 e. The van der Waals surface area contributed by atoms with Crippen LogP contribution < -0.4 is 10.2 Å². The lowest BCUT2D eigenvalue weighted by molar-refractivity contribution is -0.259. The predicted octanol–water partition coefficient (Wildman–Crippen LogP) is 2.05. The van der Waals surface area contributed by atoms with Crippen molar-refractivity contribution < 1.29 is 19.8 Å². The molecule has 118 valence electrons. The van der Waals surface area contributed by atoms with Crippen LogP contribution in [-0.2, 0) is 0 Å². The number of benzene rings is 1. The number of carboxylic acids is 2. The number of hydrogen-bond donors (Lipinski definition) is 0. The average molecular weight is 382 g/mol. The van der Waals surface area contributed by atoms with Crippen molar-refractivity contribution in [2.45, 2.75) is 9.67 Å². The minimum atomic E-state index is -1.68. The third-order valence-electron chi connectivity index (χ3n) is 2.53. The molecule has 1 rings (SSSR count). The van der Waals surface area contributed by atoms with Gasteiger partial charge in [-0.25, -0.2) is 0 Å². The van der Waals surface area contributed by atoms with E-state index < -0.39 is 32.7 Å². The van der Waals surface area contributed by atoms with Crippen LogP contribution in [0.5, 0.6) is 0 Å². The van der Waals surface area contributed by atoms with Crippen molar-refractivity contribution in [3.63, 3.8) is 0 Å². The highest BCUT2D eigenvalue weighted by Gasteiger charge is 2.13. The monoisotopic (exact) mass is 380 g/mol. The Morgan fingerprint density at radius 3 is 1.91 bits per heavy atom. The Bertz CT molecular complexity index is 636. The van der Waals surface area contributed by atoms with Crippen LogP contribution in [0, 0.1) is 0 Å². The molecule has 0 amide bonds. The molecule has 1 aromatic carbocycles. The fourth-order valence-electron chi connectivity index (χ4n) is 1.70. The first-order valence-corrected chi connectivity index (χ1v) is 7.51. The Hall–Kier alpha value is -1.20. The molecule has 0 unspecified atom stereocenters. The Morgan fingerprint density at radius 1 is 0.909 bits per heavy atom. The summed E-state index contributed by atoms with van der Waals surface area (Å²) in [5, 5.41) is 22.4. The summed E-state index contributed by atoms with van der Waals surface area (Å²) in [4.78, 5) is 20.6. The van der Waals surface area contributed by atoms with Crippen LogP contribution in [0.25, 0.3) is 12.2 Å². The van der Waals surface area contributed by atoms with Crippen LogP contribution in [0.15, 0.2) is 24.3 Å². The molecule has 22 heavy (non-hydrogen) atoms. The molecule has 1 aromatic rings. The molecule has 0 heterocycles. The van der Waals surface area contributed by atoms with Crippen molar-refractivity contribution in [2.24, 2.45) is 0 Å². The summed E-state index contributed by atoms with van der Waals surface area (Å²) >= 11 is 22.3. The molecule has 0 aromatic heterocycles. The zero-order valence-corrected chi connectivity index (χ0v) is 13.8. The van der Waals surface area contributed by atoms with Gasteiger partial charge < -0.3 is 19.8 Å². The zero-order chi connectivity index (χ0) is 16.9. The van der Waals surface area contributed by atoms with Crippen molar-refractivity contribution in [1.82, 2.24) is 0 Å². The smallest absolute Gasteiger partial charge is 0.126 e. The quantitative estimate of drug-likeness (QED) is 0.706. The van der Waals surface area contributed by atoms with E-state index >= 15 is 0 Å². The van der Waals surface area contributed by atoms with E-state index in [1.54, 1.807) is 0 Å². The topological polar surface area (TPSA) is 80.3 Å². The van der Waals surface area contributed by atoms with Crippen LogP contribution in [0.4, 0.5) is 0 Å². The first kappa shape index (κ1) is 18.8. The summed E-state index contributed by atoms with van der Waals surface area (Å²) in [5.74, 6) is -3.33. The van der Waals surface area contributed by atoms with Crippen LogP contribution in [0.2, 0.25) is 0 Å². The first-order chi connectivity index (χ1) is 10.2. The molecule has 0 fully saturated rings. The fourth-order valence-corrected chi connectivity index (χ4v) is 1.99. The highest BCUT2D eigenvalue weighted by molar-refractivity contribution is 6.46. The first-order valence-electron chi connectivity index (χ1n) is 5.76. The Kier molecular flexibility index (Phi) is 7.23. The normalized spacial score (nSPS) is 11.9. The van der Waals surface area contributed by atoms with Gasteiger partial charge in [0.2, 0.25) is 0 Å². The van der Waals surface area contributed by atoms with Crippen LogP contribution in [-0.4, -0.2) is 21.6 Å². The van der Waals surface area contributed by atoms with Gasteiger partial charge in [-0.15, -0.1) is 46.4 Å². The van der Waals surface area contributed by atoms with E-state index in [-0.39, 0.29) is 5.56 Å². The Morgan fingerprint density at radius 2 is 1.45 bits per heavy atom. The summed E-state index contributed by atoms with van der Waals surface area (Å²) in [6, 6.07) is 2.47.